The minimum Gasteiger partial charge on any atom is -0.258 e. The molecular weight excluding hydrogens is 170 g/mol. The summed E-state index contributed by atoms with van der Waals surface area (Å²) in [5.74, 6) is 0. The fourth-order valence-corrected chi connectivity index (χ4v) is 0.974. The quantitative estimate of drug-likeness (QED) is 0.486. The summed E-state index contributed by atoms with van der Waals surface area (Å²) in [6.45, 7) is 12.3. The highest BCUT2D eigenvalue weighted by molar-refractivity contribution is 5.84. The zero-order valence-corrected chi connectivity index (χ0v) is 9.38. The molecule has 1 rings (SSSR count). The van der Waals surface area contributed by atoms with Crippen molar-refractivity contribution in [3.63, 3.8) is 0 Å². The van der Waals surface area contributed by atoms with Crippen LogP contribution < -0.4 is 0 Å². The number of aliphatic imine (C=N–C) groups is 1. The fraction of sp³-hybridized carbons (Fsp3) is 0.308. The number of nitrogens with zero attached hydrogens (tertiary/aromatic N) is 1. The van der Waals surface area contributed by atoms with Crippen LogP contribution in [0, 0.1) is 6.92 Å². The zero-order valence-electron chi connectivity index (χ0n) is 9.38. The summed E-state index contributed by atoms with van der Waals surface area (Å²) < 4.78 is 0. The molecule has 0 fully saturated rings. The first kappa shape index (κ1) is 12.6. The first-order valence-electron chi connectivity index (χ1n) is 4.84. The molecule has 0 saturated heterocycles. The van der Waals surface area contributed by atoms with E-state index in [0.717, 1.165) is 12.1 Å². The maximum Gasteiger partial charge on any atom is 0.0658 e. The largest absolute Gasteiger partial charge is 0.258 e. The second-order valence-electron chi connectivity index (χ2n) is 2.99. The van der Waals surface area contributed by atoms with E-state index in [2.05, 4.69) is 51.1 Å². The Morgan fingerprint density at radius 3 is 2.36 bits per heavy atom. The molecule has 1 aromatic rings. The van der Waals surface area contributed by atoms with Crippen LogP contribution in [0.4, 0.5) is 5.69 Å². The highest BCUT2D eigenvalue weighted by atomic mass is 14.7. The average molecular weight is 189 g/mol. The smallest absolute Gasteiger partial charge is 0.0658 e. The third kappa shape index (κ3) is 4.04. The van der Waals surface area contributed by atoms with E-state index in [1.165, 1.54) is 11.3 Å². The van der Waals surface area contributed by atoms with Gasteiger partial charge >= 0.3 is 0 Å². The van der Waals surface area contributed by atoms with Crippen LogP contribution in [0.25, 0.3) is 0 Å². The lowest BCUT2D eigenvalue weighted by Gasteiger charge is -2.00. The summed E-state index contributed by atoms with van der Waals surface area (Å²) in [4.78, 5) is 4.49. The average Bonchev–Trinajstić information content (AvgIpc) is 2.24. The first-order chi connectivity index (χ1) is 6.74. The van der Waals surface area contributed by atoms with Crippen LogP contribution in [0.1, 0.15) is 25.8 Å². The summed E-state index contributed by atoms with van der Waals surface area (Å²) in [6, 6.07) is 8.20. The van der Waals surface area contributed by atoms with Crippen molar-refractivity contribution in [2.75, 3.05) is 0 Å². The number of aryl methyl sites for hydroxylation is 1. The molecule has 0 aliphatic carbocycles. The number of benzene rings is 1. The monoisotopic (exact) mass is 189 g/mol. The standard InChI is InChI=1S/C11H15N.C2H4/c1-4-10(3)12-11-8-6-5-7-9(11)2;1-2/h5-8H,4H2,1-3H3;1-2H2. The normalized spacial score (nSPS) is 10.4. The maximum atomic E-state index is 4.49. The van der Waals surface area contributed by atoms with Gasteiger partial charge in [0, 0.05) is 5.71 Å². The summed E-state index contributed by atoms with van der Waals surface area (Å²) in [7, 11) is 0. The molecule has 0 radical (unpaired) electrons. The Hall–Kier alpha value is -1.37. The molecule has 0 aromatic heterocycles. The van der Waals surface area contributed by atoms with Crippen molar-refractivity contribution < 1.29 is 0 Å². The van der Waals surface area contributed by atoms with E-state index >= 15 is 0 Å². The SMILES string of the molecule is C=C.CCC(C)=Nc1ccccc1C. The maximum absolute atomic E-state index is 4.49. The van der Waals surface area contributed by atoms with Crippen LogP contribution in [0.15, 0.2) is 42.4 Å². The lowest BCUT2D eigenvalue weighted by molar-refractivity contribution is 1.24. The van der Waals surface area contributed by atoms with Crippen molar-refractivity contribution in [3.05, 3.63) is 43.0 Å². The van der Waals surface area contributed by atoms with E-state index in [9.17, 15) is 0 Å². The van der Waals surface area contributed by atoms with Crippen LogP contribution in [0.3, 0.4) is 0 Å². The molecule has 0 amide bonds. The van der Waals surface area contributed by atoms with Crippen molar-refractivity contribution in [2.24, 2.45) is 4.99 Å². The van der Waals surface area contributed by atoms with Crippen LogP contribution >= 0.6 is 0 Å². The van der Waals surface area contributed by atoms with Gasteiger partial charge in [-0.1, -0.05) is 25.1 Å². The van der Waals surface area contributed by atoms with Crippen LogP contribution in [0.5, 0.6) is 0 Å². The van der Waals surface area contributed by atoms with Crippen LogP contribution in [-0.4, -0.2) is 5.71 Å². The topological polar surface area (TPSA) is 12.4 Å². The van der Waals surface area contributed by atoms with Crippen molar-refractivity contribution >= 4 is 11.4 Å². The molecule has 0 saturated carbocycles. The zero-order chi connectivity index (χ0) is 11.0. The Morgan fingerprint density at radius 2 is 1.86 bits per heavy atom. The second kappa shape index (κ2) is 7.07. The molecule has 14 heavy (non-hydrogen) atoms. The molecule has 0 aliphatic rings. The molecule has 0 aliphatic heterocycles. The third-order valence-corrected chi connectivity index (χ3v) is 1.94. The molecule has 1 nitrogen and oxygen atoms in total. The molecular formula is C13H19N. The van der Waals surface area contributed by atoms with Gasteiger partial charge in [0.05, 0.1) is 5.69 Å². The van der Waals surface area contributed by atoms with Gasteiger partial charge in [0.15, 0.2) is 0 Å². The molecule has 1 aromatic carbocycles. The Bertz CT molecular complexity index is 300. The lowest BCUT2D eigenvalue weighted by atomic mass is 10.2. The van der Waals surface area contributed by atoms with E-state index in [1.807, 2.05) is 12.1 Å². The molecule has 0 atom stereocenters. The Balaban J connectivity index is 0.000000791. The van der Waals surface area contributed by atoms with Gasteiger partial charge < -0.3 is 0 Å². The summed E-state index contributed by atoms with van der Waals surface area (Å²) in [5, 5.41) is 0. The molecule has 0 N–H and O–H groups in total. The van der Waals surface area contributed by atoms with Gasteiger partial charge in [-0.3, -0.25) is 4.99 Å². The van der Waals surface area contributed by atoms with Gasteiger partial charge in [-0.2, -0.15) is 0 Å². The highest BCUT2D eigenvalue weighted by Gasteiger charge is 1.93. The first-order valence-corrected chi connectivity index (χ1v) is 4.84. The molecule has 76 valence electrons. The molecule has 0 spiro atoms. The van der Waals surface area contributed by atoms with Gasteiger partial charge in [-0.25, -0.2) is 0 Å². The Labute approximate surface area is 87.2 Å². The van der Waals surface area contributed by atoms with Gasteiger partial charge in [-0.15, -0.1) is 13.2 Å². The number of hydrogen-bond acceptors (Lipinski definition) is 1. The van der Waals surface area contributed by atoms with Crippen molar-refractivity contribution in [3.8, 4) is 0 Å². The lowest BCUT2D eigenvalue weighted by Crippen LogP contribution is -1.86. The van der Waals surface area contributed by atoms with E-state index in [-0.39, 0.29) is 0 Å². The fourth-order valence-electron chi connectivity index (χ4n) is 0.974. The van der Waals surface area contributed by atoms with Crippen molar-refractivity contribution in [2.45, 2.75) is 27.2 Å². The number of hydrogen-bond donors (Lipinski definition) is 0. The van der Waals surface area contributed by atoms with Crippen LogP contribution in [0.2, 0.25) is 0 Å². The summed E-state index contributed by atoms with van der Waals surface area (Å²) >= 11 is 0. The van der Waals surface area contributed by atoms with E-state index < -0.39 is 0 Å². The van der Waals surface area contributed by atoms with Crippen molar-refractivity contribution in [1.82, 2.24) is 0 Å². The Morgan fingerprint density at radius 1 is 1.29 bits per heavy atom. The van der Waals surface area contributed by atoms with Gasteiger partial charge in [0.2, 0.25) is 0 Å². The molecule has 0 heterocycles. The molecule has 1 heteroatoms. The highest BCUT2D eigenvalue weighted by Crippen LogP contribution is 2.17. The molecule has 0 bridgehead atoms. The van der Waals surface area contributed by atoms with E-state index in [4.69, 9.17) is 0 Å². The third-order valence-electron chi connectivity index (χ3n) is 1.94. The number of rotatable bonds is 2. The number of para-hydroxylation sites is 1. The summed E-state index contributed by atoms with van der Waals surface area (Å²) in [6.07, 6.45) is 1.02. The Kier molecular flexibility index (Phi) is 6.38. The predicted molar refractivity (Wildman–Crippen MR) is 65.5 cm³/mol. The van der Waals surface area contributed by atoms with Gasteiger partial charge in [0.1, 0.15) is 0 Å². The van der Waals surface area contributed by atoms with Gasteiger partial charge in [-0.05, 0) is 31.9 Å². The van der Waals surface area contributed by atoms with Crippen molar-refractivity contribution in [1.29, 1.82) is 0 Å². The minimum atomic E-state index is 1.02. The molecule has 0 unspecified atom stereocenters. The van der Waals surface area contributed by atoms with Crippen LogP contribution in [-0.2, 0) is 0 Å². The van der Waals surface area contributed by atoms with Gasteiger partial charge in [0.25, 0.3) is 0 Å². The van der Waals surface area contributed by atoms with E-state index in [0.29, 0.717) is 0 Å². The van der Waals surface area contributed by atoms with E-state index in [1.54, 1.807) is 0 Å². The predicted octanol–water partition coefficient (Wildman–Crippen LogP) is 4.30. The summed E-state index contributed by atoms with van der Waals surface area (Å²) in [5.41, 5.74) is 3.52. The minimum absolute atomic E-state index is 1.02. The second-order valence-corrected chi connectivity index (χ2v) is 2.99.